The highest BCUT2D eigenvalue weighted by Crippen LogP contribution is 2.28. The summed E-state index contributed by atoms with van der Waals surface area (Å²) in [6.07, 6.45) is 8.60. The fraction of sp³-hybridized carbons (Fsp3) is 0.429. The Labute approximate surface area is 141 Å². The third-order valence-electron chi connectivity index (χ3n) is 3.73. The van der Waals surface area contributed by atoms with Gasteiger partial charge in [-0.3, -0.25) is 0 Å². The lowest BCUT2D eigenvalue weighted by atomic mass is 10.0. The maximum absolute atomic E-state index is 5.35. The van der Waals surface area contributed by atoms with Crippen molar-refractivity contribution < 1.29 is 9.47 Å². The first-order chi connectivity index (χ1) is 11.0. The van der Waals surface area contributed by atoms with Gasteiger partial charge < -0.3 is 9.47 Å². The number of methoxy groups -OCH3 is 2. The van der Waals surface area contributed by atoms with Gasteiger partial charge in [-0.05, 0) is 64.2 Å². The summed E-state index contributed by atoms with van der Waals surface area (Å²) in [6.45, 7) is 10.7. The first-order valence-corrected chi connectivity index (χ1v) is 8.12. The molecule has 0 fully saturated rings. The van der Waals surface area contributed by atoms with Crippen LogP contribution in [0.3, 0.4) is 0 Å². The maximum Gasteiger partial charge on any atom is 0.160 e. The monoisotopic (exact) mass is 314 g/mol. The van der Waals surface area contributed by atoms with Gasteiger partial charge in [-0.2, -0.15) is 0 Å². The first-order valence-electron chi connectivity index (χ1n) is 8.12. The highest BCUT2D eigenvalue weighted by molar-refractivity contribution is 5.43. The zero-order valence-electron chi connectivity index (χ0n) is 15.2. The molecule has 0 saturated carbocycles. The van der Waals surface area contributed by atoms with Gasteiger partial charge in [0.1, 0.15) is 0 Å². The molecule has 0 spiro atoms. The SMILES string of the molecule is C=C(C/C=C(\C)CCC=C(C)C)Cc1ccc(OC)c(OC)c1. The summed E-state index contributed by atoms with van der Waals surface area (Å²) in [4.78, 5) is 0. The molecule has 2 heteroatoms. The van der Waals surface area contributed by atoms with Gasteiger partial charge in [0.15, 0.2) is 11.5 Å². The van der Waals surface area contributed by atoms with E-state index < -0.39 is 0 Å². The number of rotatable bonds is 9. The Balaban J connectivity index is 2.55. The Bertz CT molecular complexity index is 576. The van der Waals surface area contributed by atoms with E-state index in [1.54, 1.807) is 14.2 Å². The van der Waals surface area contributed by atoms with Gasteiger partial charge in [-0.25, -0.2) is 0 Å². The van der Waals surface area contributed by atoms with Crippen molar-refractivity contribution in [2.24, 2.45) is 0 Å². The molecule has 0 unspecified atom stereocenters. The predicted molar refractivity (Wildman–Crippen MR) is 99.4 cm³/mol. The number of allylic oxidation sites excluding steroid dienone is 5. The fourth-order valence-corrected chi connectivity index (χ4v) is 2.36. The van der Waals surface area contributed by atoms with Gasteiger partial charge in [-0.15, -0.1) is 0 Å². The van der Waals surface area contributed by atoms with Crippen molar-refractivity contribution in [1.82, 2.24) is 0 Å². The zero-order chi connectivity index (χ0) is 17.2. The Morgan fingerprint density at radius 2 is 1.74 bits per heavy atom. The second-order valence-corrected chi connectivity index (χ2v) is 6.19. The van der Waals surface area contributed by atoms with Gasteiger partial charge >= 0.3 is 0 Å². The largest absolute Gasteiger partial charge is 0.493 e. The molecule has 126 valence electrons. The third-order valence-corrected chi connectivity index (χ3v) is 3.73. The molecule has 0 atom stereocenters. The van der Waals surface area contributed by atoms with Gasteiger partial charge in [0.25, 0.3) is 0 Å². The molecule has 0 bridgehead atoms. The van der Waals surface area contributed by atoms with E-state index in [1.807, 2.05) is 12.1 Å². The van der Waals surface area contributed by atoms with Crippen molar-refractivity contribution in [3.8, 4) is 11.5 Å². The first kappa shape index (κ1) is 19.1. The molecule has 1 rings (SSSR count). The molecule has 0 aromatic heterocycles. The van der Waals surface area contributed by atoms with E-state index in [-0.39, 0.29) is 0 Å². The highest BCUT2D eigenvalue weighted by Gasteiger charge is 2.05. The van der Waals surface area contributed by atoms with Crippen molar-refractivity contribution in [1.29, 1.82) is 0 Å². The predicted octanol–water partition coefficient (Wildman–Crippen LogP) is 5.89. The van der Waals surface area contributed by atoms with E-state index in [0.717, 1.165) is 37.2 Å². The van der Waals surface area contributed by atoms with Crippen LogP contribution in [0.15, 0.2) is 53.6 Å². The average Bonchev–Trinajstić information content (AvgIpc) is 2.52. The summed E-state index contributed by atoms with van der Waals surface area (Å²) in [5.74, 6) is 1.53. The molecule has 23 heavy (non-hydrogen) atoms. The van der Waals surface area contributed by atoms with Crippen LogP contribution in [0.2, 0.25) is 0 Å². The summed E-state index contributed by atoms with van der Waals surface area (Å²) in [5.41, 5.74) is 5.22. The van der Waals surface area contributed by atoms with Crippen molar-refractivity contribution in [2.75, 3.05) is 14.2 Å². The van der Waals surface area contributed by atoms with Gasteiger partial charge in [0, 0.05) is 0 Å². The van der Waals surface area contributed by atoms with E-state index in [2.05, 4.69) is 45.6 Å². The topological polar surface area (TPSA) is 18.5 Å². The molecule has 0 aliphatic carbocycles. The lowest BCUT2D eigenvalue weighted by Crippen LogP contribution is -1.94. The molecule has 0 aliphatic rings. The van der Waals surface area contributed by atoms with Crippen molar-refractivity contribution >= 4 is 0 Å². The van der Waals surface area contributed by atoms with Crippen LogP contribution in [0.5, 0.6) is 11.5 Å². The van der Waals surface area contributed by atoms with Crippen LogP contribution in [0.4, 0.5) is 0 Å². The van der Waals surface area contributed by atoms with Crippen LogP contribution in [0.1, 0.15) is 45.6 Å². The smallest absolute Gasteiger partial charge is 0.160 e. The quantitative estimate of drug-likeness (QED) is 0.529. The second-order valence-electron chi connectivity index (χ2n) is 6.19. The molecule has 0 aliphatic heterocycles. The molecule has 1 aromatic rings. The molecular formula is C21H30O2. The van der Waals surface area contributed by atoms with Crippen LogP contribution in [-0.2, 0) is 6.42 Å². The molecule has 1 aromatic carbocycles. The van der Waals surface area contributed by atoms with Crippen LogP contribution in [0, 0.1) is 0 Å². The van der Waals surface area contributed by atoms with E-state index >= 15 is 0 Å². The molecule has 0 heterocycles. The summed E-state index contributed by atoms with van der Waals surface area (Å²) in [7, 11) is 3.31. The highest BCUT2D eigenvalue weighted by atomic mass is 16.5. The molecular weight excluding hydrogens is 284 g/mol. The lowest BCUT2D eigenvalue weighted by molar-refractivity contribution is 0.354. The number of benzene rings is 1. The number of hydrogen-bond donors (Lipinski definition) is 0. The van der Waals surface area contributed by atoms with E-state index in [1.165, 1.54) is 22.3 Å². The van der Waals surface area contributed by atoms with Gasteiger partial charge in [-0.1, -0.05) is 41.5 Å². The van der Waals surface area contributed by atoms with Crippen LogP contribution < -0.4 is 9.47 Å². The average molecular weight is 314 g/mol. The minimum absolute atomic E-state index is 0.761. The van der Waals surface area contributed by atoms with Crippen molar-refractivity contribution in [2.45, 2.75) is 46.5 Å². The van der Waals surface area contributed by atoms with Crippen molar-refractivity contribution in [3.05, 3.63) is 59.2 Å². The van der Waals surface area contributed by atoms with Crippen LogP contribution in [0.25, 0.3) is 0 Å². The standard InChI is InChI=1S/C21H30O2/c1-16(2)8-7-9-17(3)10-11-18(4)14-19-12-13-20(22-5)21(15-19)23-6/h8,10,12-13,15H,4,7,9,11,14H2,1-3,5-6H3/b17-10+. The third kappa shape index (κ3) is 7.23. The van der Waals surface area contributed by atoms with Crippen LogP contribution in [-0.4, -0.2) is 14.2 Å². The Kier molecular flexibility index (Phi) is 8.25. The Morgan fingerprint density at radius 1 is 1.04 bits per heavy atom. The maximum atomic E-state index is 5.35. The summed E-state index contributed by atoms with van der Waals surface area (Å²) in [5, 5.41) is 0. The zero-order valence-corrected chi connectivity index (χ0v) is 15.2. The minimum atomic E-state index is 0.761. The molecule has 0 amide bonds. The number of ether oxygens (including phenoxy) is 2. The lowest BCUT2D eigenvalue weighted by Gasteiger charge is -2.10. The number of hydrogen-bond acceptors (Lipinski definition) is 2. The second kappa shape index (κ2) is 9.94. The van der Waals surface area contributed by atoms with Crippen molar-refractivity contribution in [3.63, 3.8) is 0 Å². The Morgan fingerprint density at radius 3 is 2.35 bits per heavy atom. The van der Waals surface area contributed by atoms with E-state index in [4.69, 9.17) is 9.47 Å². The van der Waals surface area contributed by atoms with Gasteiger partial charge in [0.05, 0.1) is 14.2 Å². The minimum Gasteiger partial charge on any atom is -0.493 e. The Hall–Kier alpha value is -1.96. The molecule has 0 N–H and O–H groups in total. The summed E-state index contributed by atoms with van der Waals surface area (Å²) >= 11 is 0. The van der Waals surface area contributed by atoms with Crippen LogP contribution >= 0.6 is 0 Å². The van der Waals surface area contributed by atoms with Gasteiger partial charge in [0.2, 0.25) is 0 Å². The normalized spacial score (nSPS) is 11.1. The summed E-state index contributed by atoms with van der Waals surface area (Å²) < 4.78 is 10.6. The molecule has 0 radical (unpaired) electrons. The molecule has 2 nitrogen and oxygen atoms in total. The summed E-state index contributed by atoms with van der Waals surface area (Å²) in [6, 6.07) is 6.04. The molecule has 0 saturated heterocycles. The van der Waals surface area contributed by atoms with E-state index in [0.29, 0.717) is 0 Å². The van der Waals surface area contributed by atoms with E-state index in [9.17, 15) is 0 Å². The fourth-order valence-electron chi connectivity index (χ4n) is 2.36.